The van der Waals surface area contributed by atoms with Crippen LogP contribution in [0.25, 0.3) is 0 Å². The van der Waals surface area contributed by atoms with Gasteiger partial charge < -0.3 is 14.4 Å². The molecule has 2 aromatic rings. The van der Waals surface area contributed by atoms with Gasteiger partial charge >= 0.3 is 6.16 Å². The van der Waals surface area contributed by atoms with Crippen molar-refractivity contribution in [2.75, 3.05) is 24.6 Å². The molecule has 2 rings (SSSR count). The minimum absolute atomic E-state index is 0.208. The molecule has 0 fully saturated rings. The minimum Gasteiger partial charge on any atom is -0.432 e. The fraction of sp³-hybridized carbons (Fsp3) is 0.235. The highest BCUT2D eigenvalue weighted by atomic mass is 35.5. The van der Waals surface area contributed by atoms with Crippen LogP contribution >= 0.6 is 23.2 Å². The van der Waals surface area contributed by atoms with Gasteiger partial charge in [0, 0.05) is 22.3 Å². The lowest BCUT2D eigenvalue weighted by atomic mass is 10.3. The van der Waals surface area contributed by atoms with E-state index in [4.69, 9.17) is 32.7 Å². The molecule has 0 aromatic heterocycles. The fourth-order valence-electron chi connectivity index (χ4n) is 2.04. The van der Waals surface area contributed by atoms with Gasteiger partial charge in [-0.2, -0.15) is 0 Å². The van der Waals surface area contributed by atoms with Crippen LogP contribution in [-0.2, 0) is 4.74 Å². The number of rotatable bonds is 6. The summed E-state index contributed by atoms with van der Waals surface area (Å²) in [5.41, 5.74) is 0.979. The van der Waals surface area contributed by atoms with Crippen LogP contribution in [0.4, 0.5) is 10.5 Å². The van der Waals surface area contributed by atoms with Gasteiger partial charge in [-0.1, -0.05) is 35.3 Å². The van der Waals surface area contributed by atoms with Crippen molar-refractivity contribution in [1.29, 1.82) is 0 Å². The average molecular weight is 354 g/mol. The van der Waals surface area contributed by atoms with Crippen LogP contribution in [0.1, 0.15) is 6.92 Å². The van der Waals surface area contributed by atoms with E-state index < -0.39 is 6.16 Å². The van der Waals surface area contributed by atoms with E-state index in [-0.39, 0.29) is 6.61 Å². The van der Waals surface area contributed by atoms with Crippen molar-refractivity contribution in [1.82, 2.24) is 0 Å². The number of hydrogen-bond acceptors (Lipinski definition) is 4. The van der Waals surface area contributed by atoms with Crippen molar-refractivity contribution in [2.45, 2.75) is 6.92 Å². The van der Waals surface area contributed by atoms with Gasteiger partial charge in [0.25, 0.3) is 0 Å². The molecular weight excluding hydrogens is 337 g/mol. The molecule has 122 valence electrons. The predicted molar refractivity (Wildman–Crippen MR) is 92.8 cm³/mol. The largest absolute Gasteiger partial charge is 0.513 e. The third kappa shape index (κ3) is 5.66. The molecule has 0 bridgehead atoms. The summed E-state index contributed by atoms with van der Waals surface area (Å²) in [5, 5.41) is 1.16. The minimum atomic E-state index is -0.755. The molecule has 0 aliphatic heterocycles. The highest BCUT2D eigenvalue weighted by Crippen LogP contribution is 2.19. The Hall–Kier alpha value is -1.91. The predicted octanol–water partition coefficient (Wildman–Crippen LogP) is 5.04. The van der Waals surface area contributed by atoms with Crippen molar-refractivity contribution in [2.24, 2.45) is 0 Å². The summed E-state index contributed by atoms with van der Waals surface area (Å²) in [6, 6.07) is 14.1. The van der Waals surface area contributed by atoms with Crippen molar-refractivity contribution in [3.8, 4) is 5.75 Å². The normalized spacial score (nSPS) is 10.2. The first-order chi connectivity index (χ1) is 11.1. The smallest absolute Gasteiger partial charge is 0.432 e. The molecule has 2 aromatic carbocycles. The summed E-state index contributed by atoms with van der Waals surface area (Å²) >= 11 is 11.8. The second kappa shape index (κ2) is 8.65. The van der Waals surface area contributed by atoms with Crippen LogP contribution in [0.2, 0.25) is 10.0 Å². The van der Waals surface area contributed by atoms with E-state index in [0.29, 0.717) is 22.3 Å². The standard InChI is InChI=1S/C17H17Cl2NO3/c1-2-20(15-7-3-5-13(18)11-15)9-10-22-17(21)23-16-8-4-6-14(19)12-16/h3-8,11-12H,2,9-10H2,1H3. The summed E-state index contributed by atoms with van der Waals surface area (Å²) in [5.74, 6) is 0.352. The van der Waals surface area contributed by atoms with Gasteiger partial charge in [-0.25, -0.2) is 4.79 Å². The number of hydrogen-bond donors (Lipinski definition) is 0. The van der Waals surface area contributed by atoms with Crippen LogP contribution in [0, 0.1) is 0 Å². The first-order valence-corrected chi connectivity index (χ1v) is 7.94. The number of benzene rings is 2. The zero-order valence-corrected chi connectivity index (χ0v) is 14.2. The summed E-state index contributed by atoms with van der Waals surface area (Å²) < 4.78 is 10.1. The zero-order valence-electron chi connectivity index (χ0n) is 12.7. The summed E-state index contributed by atoms with van der Waals surface area (Å²) in [4.78, 5) is 13.7. The van der Waals surface area contributed by atoms with E-state index in [1.807, 2.05) is 31.2 Å². The first kappa shape index (κ1) is 17.4. The summed E-state index contributed by atoms with van der Waals surface area (Å²) in [6.45, 7) is 3.54. The highest BCUT2D eigenvalue weighted by molar-refractivity contribution is 6.31. The molecular formula is C17H17Cl2NO3. The summed E-state index contributed by atoms with van der Waals surface area (Å²) in [7, 11) is 0. The van der Waals surface area contributed by atoms with Gasteiger partial charge in [0.05, 0.1) is 6.54 Å². The molecule has 4 nitrogen and oxygen atoms in total. The number of likely N-dealkylation sites (N-methyl/N-ethyl adjacent to an activating group) is 1. The molecule has 0 unspecified atom stereocenters. The number of carbonyl (C=O) groups is 1. The molecule has 0 heterocycles. The third-order valence-electron chi connectivity index (χ3n) is 3.13. The second-order valence-electron chi connectivity index (χ2n) is 4.72. The van der Waals surface area contributed by atoms with Gasteiger partial charge in [-0.3, -0.25) is 0 Å². The fourth-order valence-corrected chi connectivity index (χ4v) is 2.40. The number of ether oxygens (including phenoxy) is 2. The van der Waals surface area contributed by atoms with Crippen LogP contribution in [-0.4, -0.2) is 25.9 Å². The number of anilines is 1. The van der Waals surface area contributed by atoms with Crippen molar-refractivity contribution in [3.05, 3.63) is 58.6 Å². The van der Waals surface area contributed by atoms with Crippen LogP contribution in [0.15, 0.2) is 48.5 Å². The Balaban J connectivity index is 1.82. The van der Waals surface area contributed by atoms with E-state index in [1.54, 1.807) is 24.3 Å². The molecule has 0 aliphatic rings. The van der Waals surface area contributed by atoms with Crippen molar-refractivity contribution in [3.63, 3.8) is 0 Å². The van der Waals surface area contributed by atoms with Crippen LogP contribution in [0.5, 0.6) is 5.75 Å². The van der Waals surface area contributed by atoms with Gasteiger partial charge in [-0.15, -0.1) is 0 Å². The lowest BCUT2D eigenvalue weighted by Crippen LogP contribution is -2.28. The maximum absolute atomic E-state index is 11.7. The Bertz CT molecular complexity index is 664. The average Bonchev–Trinajstić information content (AvgIpc) is 2.51. The number of carbonyl (C=O) groups excluding carboxylic acids is 1. The molecule has 0 aliphatic carbocycles. The van der Waals surface area contributed by atoms with E-state index in [0.717, 1.165) is 12.2 Å². The van der Waals surface area contributed by atoms with Crippen LogP contribution < -0.4 is 9.64 Å². The molecule has 0 N–H and O–H groups in total. The Morgan fingerprint density at radius 2 is 1.78 bits per heavy atom. The quantitative estimate of drug-likeness (QED) is 0.538. The molecule has 0 spiro atoms. The third-order valence-corrected chi connectivity index (χ3v) is 3.60. The van der Waals surface area contributed by atoms with Crippen molar-refractivity contribution >= 4 is 35.0 Å². The monoisotopic (exact) mass is 353 g/mol. The van der Waals surface area contributed by atoms with Gasteiger partial charge in [0.2, 0.25) is 0 Å². The Labute approximate surface area is 145 Å². The van der Waals surface area contributed by atoms with Crippen LogP contribution in [0.3, 0.4) is 0 Å². The molecule has 0 saturated carbocycles. The highest BCUT2D eigenvalue weighted by Gasteiger charge is 2.09. The molecule has 0 radical (unpaired) electrons. The van der Waals surface area contributed by atoms with Gasteiger partial charge in [-0.05, 0) is 43.3 Å². The van der Waals surface area contributed by atoms with E-state index in [1.165, 1.54) is 0 Å². The number of nitrogens with zero attached hydrogens (tertiary/aromatic N) is 1. The topological polar surface area (TPSA) is 38.8 Å². The van der Waals surface area contributed by atoms with Gasteiger partial charge in [0.15, 0.2) is 0 Å². The lowest BCUT2D eigenvalue weighted by Gasteiger charge is -2.22. The van der Waals surface area contributed by atoms with E-state index >= 15 is 0 Å². The maximum atomic E-state index is 11.7. The molecule has 23 heavy (non-hydrogen) atoms. The molecule has 6 heteroatoms. The maximum Gasteiger partial charge on any atom is 0.513 e. The second-order valence-corrected chi connectivity index (χ2v) is 5.59. The molecule has 0 amide bonds. The zero-order chi connectivity index (χ0) is 16.7. The Kier molecular flexibility index (Phi) is 6.56. The number of halogens is 2. The van der Waals surface area contributed by atoms with E-state index in [9.17, 15) is 4.79 Å². The summed E-state index contributed by atoms with van der Waals surface area (Å²) in [6.07, 6.45) is -0.755. The first-order valence-electron chi connectivity index (χ1n) is 7.19. The van der Waals surface area contributed by atoms with E-state index in [2.05, 4.69) is 4.90 Å². The molecule has 0 atom stereocenters. The Morgan fingerprint density at radius 1 is 1.09 bits per heavy atom. The van der Waals surface area contributed by atoms with Crippen molar-refractivity contribution < 1.29 is 14.3 Å². The van der Waals surface area contributed by atoms with Gasteiger partial charge in [0.1, 0.15) is 12.4 Å². The SMILES string of the molecule is CCN(CCOC(=O)Oc1cccc(Cl)c1)c1cccc(Cl)c1. The Morgan fingerprint density at radius 3 is 2.43 bits per heavy atom. The lowest BCUT2D eigenvalue weighted by molar-refractivity contribution is 0.101. The molecule has 0 saturated heterocycles.